The second-order valence-corrected chi connectivity index (χ2v) is 6.66. The highest BCUT2D eigenvalue weighted by Gasteiger charge is 2.34. The highest BCUT2D eigenvalue weighted by molar-refractivity contribution is 6.21. The van der Waals surface area contributed by atoms with Gasteiger partial charge in [0, 0.05) is 26.1 Å². The van der Waals surface area contributed by atoms with Gasteiger partial charge in [-0.15, -0.1) is 10.2 Å². The maximum Gasteiger partial charge on any atom is 0.261 e. The zero-order valence-electron chi connectivity index (χ0n) is 16.0. The number of benzene rings is 1. The van der Waals surface area contributed by atoms with E-state index in [0.717, 1.165) is 5.57 Å². The number of tetrazole rings is 1. The van der Waals surface area contributed by atoms with Crippen LogP contribution in [0.5, 0.6) is 0 Å². The molecule has 0 spiro atoms. The second-order valence-electron chi connectivity index (χ2n) is 6.66. The molecule has 0 N–H and O–H groups in total. The summed E-state index contributed by atoms with van der Waals surface area (Å²) >= 11 is 0. The summed E-state index contributed by atoms with van der Waals surface area (Å²) in [6.07, 6.45) is 0.267. The largest absolute Gasteiger partial charge is 0.337 e. The van der Waals surface area contributed by atoms with Crippen molar-refractivity contribution >= 4 is 17.7 Å². The normalized spacial score (nSPS) is 13.0. The molecule has 3 amide bonds. The van der Waals surface area contributed by atoms with Crippen molar-refractivity contribution in [2.75, 3.05) is 19.6 Å². The van der Waals surface area contributed by atoms with Crippen LogP contribution in [0.1, 0.15) is 40.4 Å². The lowest BCUT2D eigenvalue weighted by Gasteiger charge is -2.20. The zero-order chi connectivity index (χ0) is 20.3. The average Bonchev–Trinajstić information content (AvgIpc) is 3.21. The number of hydrogen-bond acceptors (Lipinski definition) is 6. The molecule has 1 aromatic heterocycles. The van der Waals surface area contributed by atoms with Crippen molar-refractivity contribution in [3.05, 3.63) is 53.4 Å². The Morgan fingerprint density at radius 2 is 1.82 bits per heavy atom. The van der Waals surface area contributed by atoms with Crippen molar-refractivity contribution in [3.8, 4) is 0 Å². The molecule has 1 aromatic carbocycles. The topological polar surface area (TPSA) is 101 Å². The Labute approximate surface area is 162 Å². The van der Waals surface area contributed by atoms with Gasteiger partial charge < -0.3 is 4.90 Å². The molecule has 1 aliphatic rings. The Morgan fingerprint density at radius 3 is 2.39 bits per heavy atom. The van der Waals surface area contributed by atoms with Crippen LogP contribution in [-0.4, -0.2) is 67.4 Å². The van der Waals surface area contributed by atoms with E-state index < -0.39 is 0 Å². The lowest BCUT2D eigenvalue weighted by molar-refractivity contribution is -0.131. The number of hydrogen-bond donors (Lipinski definition) is 0. The molecular weight excluding hydrogens is 360 g/mol. The summed E-state index contributed by atoms with van der Waals surface area (Å²) in [4.78, 5) is 41.1. The summed E-state index contributed by atoms with van der Waals surface area (Å²) in [6.45, 7) is 8.75. The van der Waals surface area contributed by atoms with Gasteiger partial charge >= 0.3 is 0 Å². The van der Waals surface area contributed by atoms with E-state index in [9.17, 15) is 14.4 Å². The van der Waals surface area contributed by atoms with Gasteiger partial charge in [0.25, 0.3) is 11.8 Å². The van der Waals surface area contributed by atoms with Crippen molar-refractivity contribution in [2.45, 2.75) is 26.8 Å². The van der Waals surface area contributed by atoms with Crippen LogP contribution in [0, 0.1) is 0 Å². The number of amides is 3. The second kappa shape index (κ2) is 8.12. The van der Waals surface area contributed by atoms with Crippen molar-refractivity contribution in [2.24, 2.45) is 0 Å². The number of carbonyl (C=O) groups excluding carboxylic acids is 3. The first-order valence-corrected chi connectivity index (χ1v) is 9.04. The molecule has 1 aliphatic heterocycles. The molecule has 0 saturated heterocycles. The van der Waals surface area contributed by atoms with Gasteiger partial charge in [0.2, 0.25) is 5.91 Å². The molecule has 0 aliphatic carbocycles. The Morgan fingerprint density at radius 1 is 1.18 bits per heavy atom. The molecule has 0 bridgehead atoms. The standard InChI is InChI=1S/C19H22N6O3/c1-4-23(11-13(2)3)17(26)12-25-21-16(20-22-25)9-10-24-18(27)14-7-5-6-8-15(14)19(24)28/h5-8H,2,4,9-12H2,1,3H3. The van der Waals surface area contributed by atoms with Gasteiger partial charge in [-0.25, -0.2) is 0 Å². The smallest absolute Gasteiger partial charge is 0.261 e. The highest BCUT2D eigenvalue weighted by atomic mass is 16.2. The van der Waals surface area contributed by atoms with E-state index in [1.807, 2.05) is 13.8 Å². The monoisotopic (exact) mass is 382 g/mol. The molecule has 0 saturated carbocycles. The fourth-order valence-corrected chi connectivity index (χ4v) is 3.02. The van der Waals surface area contributed by atoms with Crippen LogP contribution in [0.3, 0.4) is 0 Å². The number of rotatable bonds is 8. The van der Waals surface area contributed by atoms with Crippen LogP contribution in [0.4, 0.5) is 0 Å². The molecule has 0 fully saturated rings. The van der Waals surface area contributed by atoms with Gasteiger partial charge in [0.15, 0.2) is 5.82 Å². The van der Waals surface area contributed by atoms with Crippen LogP contribution >= 0.6 is 0 Å². The number of carbonyl (C=O) groups is 3. The van der Waals surface area contributed by atoms with Crippen molar-refractivity contribution < 1.29 is 14.4 Å². The SMILES string of the molecule is C=C(C)CN(CC)C(=O)Cn1nnc(CCN2C(=O)c3ccccc3C2=O)n1. The fraction of sp³-hybridized carbons (Fsp3) is 0.368. The van der Waals surface area contributed by atoms with Crippen LogP contribution in [0.25, 0.3) is 0 Å². The van der Waals surface area contributed by atoms with Gasteiger partial charge in [0.1, 0.15) is 6.54 Å². The summed E-state index contributed by atoms with van der Waals surface area (Å²) in [5.41, 5.74) is 1.71. The molecule has 0 radical (unpaired) electrons. The van der Waals surface area contributed by atoms with Crippen molar-refractivity contribution in [1.29, 1.82) is 0 Å². The number of aromatic nitrogens is 4. The van der Waals surface area contributed by atoms with Crippen molar-refractivity contribution in [3.63, 3.8) is 0 Å². The molecule has 0 unspecified atom stereocenters. The third kappa shape index (κ3) is 3.98. The maximum atomic E-state index is 12.4. The third-order valence-corrected chi connectivity index (χ3v) is 4.40. The number of likely N-dealkylation sites (N-methyl/N-ethyl adjacent to an activating group) is 1. The van der Waals surface area contributed by atoms with Gasteiger partial charge in [-0.05, 0) is 31.2 Å². The maximum absolute atomic E-state index is 12.4. The molecule has 146 valence electrons. The third-order valence-electron chi connectivity index (χ3n) is 4.40. The van der Waals surface area contributed by atoms with E-state index in [1.54, 1.807) is 29.2 Å². The summed E-state index contributed by atoms with van der Waals surface area (Å²) in [5, 5.41) is 12.0. The summed E-state index contributed by atoms with van der Waals surface area (Å²) in [5.74, 6) is -0.398. The minimum absolute atomic E-state index is 0.0267. The van der Waals surface area contributed by atoms with Crippen LogP contribution < -0.4 is 0 Å². The first-order chi connectivity index (χ1) is 13.4. The van der Waals surface area contributed by atoms with E-state index in [0.29, 0.717) is 30.0 Å². The van der Waals surface area contributed by atoms with Gasteiger partial charge in [-0.1, -0.05) is 24.3 Å². The summed E-state index contributed by atoms with van der Waals surface area (Å²) in [6, 6.07) is 6.73. The molecule has 28 heavy (non-hydrogen) atoms. The predicted molar refractivity (Wildman–Crippen MR) is 100 cm³/mol. The zero-order valence-corrected chi connectivity index (χ0v) is 16.0. The Bertz CT molecular complexity index is 900. The highest BCUT2D eigenvalue weighted by Crippen LogP contribution is 2.22. The Kier molecular flexibility index (Phi) is 5.62. The molecule has 2 heterocycles. The quantitative estimate of drug-likeness (QED) is 0.497. The lowest BCUT2D eigenvalue weighted by atomic mass is 10.1. The average molecular weight is 382 g/mol. The number of nitrogens with zero attached hydrogens (tertiary/aromatic N) is 6. The van der Waals surface area contributed by atoms with Crippen LogP contribution in [-0.2, 0) is 17.8 Å². The first-order valence-electron chi connectivity index (χ1n) is 9.04. The van der Waals surface area contributed by atoms with Gasteiger partial charge in [0.05, 0.1) is 11.1 Å². The van der Waals surface area contributed by atoms with Crippen LogP contribution in [0.2, 0.25) is 0 Å². The fourth-order valence-electron chi connectivity index (χ4n) is 3.02. The molecule has 2 aromatic rings. The lowest BCUT2D eigenvalue weighted by Crippen LogP contribution is -2.35. The Hall–Kier alpha value is -3.36. The van der Waals surface area contributed by atoms with Gasteiger partial charge in [-0.3, -0.25) is 19.3 Å². The first kappa shape index (κ1) is 19.4. The van der Waals surface area contributed by atoms with E-state index in [-0.39, 0.29) is 37.2 Å². The van der Waals surface area contributed by atoms with E-state index in [1.165, 1.54) is 9.70 Å². The molecule has 0 atom stereocenters. The number of imide groups is 1. The minimum atomic E-state index is -0.318. The van der Waals surface area contributed by atoms with E-state index >= 15 is 0 Å². The Balaban J connectivity index is 1.58. The van der Waals surface area contributed by atoms with Gasteiger partial charge in [-0.2, -0.15) is 4.80 Å². The molecule has 3 rings (SSSR count). The minimum Gasteiger partial charge on any atom is -0.337 e. The molecular formula is C19H22N6O3. The van der Waals surface area contributed by atoms with Crippen LogP contribution in [0.15, 0.2) is 36.4 Å². The summed E-state index contributed by atoms with van der Waals surface area (Å²) in [7, 11) is 0. The van der Waals surface area contributed by atoms with Crippen molar-refractivity contribution in [1.82, 2.24) is 30.0 Å². The summed E-state index contributed by atoms with van der Waals surface area (Å²) < 4.78 is 0. The predicted octanol–water partition coefficient (Wildman–Crippen LogP) is 0.936. The van der Waals surface area contributed by atoms with E-state index in [2.05, 4.69) is 22.0 Å². The molecule has 9 nitrogen and oxygen atoms in total. The molecule has 9 heteroatoms. The van der Waals surface area contributed by atoms with E-state index in [4.69, 9.17) is 0 Å². The number of fused-ring (bicyclic) bond motifs is 1.